The van der Waals surface area contributed by atoms with Crippen LogP contribution in [0.5, 0.6) is 0 Å². The molecule has 4 nitrogen and oxygen atoms in total. The summed E-state index contributed by atoms with van der Waals surface area (Å²) in [5, 5.41) is 12.8. The van der Waals surface area contributed by atoms with E-state index >= 15 is 0 Å². The van der Waals surface area contributed by atoms with Crippen LogP contribution in [0.2, 0.25) is 10.0 Å². The summed E-state index contributed by atoms with van der Waals surface area (Å²) in [6, 6.07) is 4.85. The SMILES string of the molecule is COC(=O)CCC(=NO)c1ccc(Cl)c(Cl)c1. The van der Waals surface area contributed by atoms with Gasteiger partial charge in [-0.25, -0.2) is 0 Å². The van der Waals surface area contributed by atoms with Crippen molar-refractivity contribution in [2.45, 2.75) is 12.8 Å². The van der Waals surface area contributed by atoms with Crippen LogP contribution in [0, 0.1) is 0 Å². The molecule has 1 aromatic carbocycles. The number of nitrogens with zero attached hydrogens (tertiary/aromatic N) is 1. The van der Waals surface area contributed by atoms with Gasteiger partial charge in [0.15, 0.2) is 0 Å². The van der Waals surface area contributed by atoms with E-state index in [-0.39, 0.29) is 18.8 Å². The lowest BCUT2D eigenvalue weighted by molar-refractivity contribution is -0.140. The molecule has 0 fully saturated rings. The van der Waals surface area contributed by atoms with Crippen molar-refractivity contribution in [3.63, 3.8) is 0 Å². The first-order chi connectivity index (χ1) is 8.08. The average Bonchev–Trinajstić information content (AvgIpc) is 2.33. The molecule has 6 heteroatoms. The van der Waals surface area contributed by atoms with E-state index in [0.717, 1.165) is 0 Å². The summed E-state index contributed by atoms with van der Waals surface area (Å²) in [5.74, 6) is -0.369. The average molecular weight is 276 g/mol. The molecule has 1 N–H and O–H groups in total. The molecular formula is C11H11Cl2NO3. The van der Waals surface area contributed by atoms with E-state index in [1.807, 2.05) is 0 Å². The van der Waals surface area contributed by atoms with Crippen molar-refractivity contribution in [3.8, 4) is 0 Å². The first-order valence-electron chi connectivity index (χ1n) is 4.81. The smallest absolute Gasteiger partial charge is 0.305 e. The number of esters is 1. The van der Waals surface area contributed by atoms with Gasteiger partial charge in [0.25, 0.3) is 0 Å². The van der Waals surface area contributed by atoms with Crippen LogP contribution in [0.25, 0.3) is 0 Å². The summed E-state index contributed by atoms with van der Waals surface area (Å²) in [5.41, 5.74) is 0.972. The Hall–Kier alpha value is -1.26. The number of hydrogen-bond acceptors (Lipinski definition) is 4. The predicted molar refractivity (Wildman–Crippen MR) is 66.0 cm³/mol. The van der Waals surface area contributed by atoms with E-state index in [9.17, 15) is 4.79 Å². The number of carbonyl (C=O) groups excluding carboxylic acids is 1. The number of hydrogen-bond donors (Lipinski definition) is 1. The summed E-state index contributed by atoms with van der Waals surface area (Å²) < 4.78 is 4.50. The quantitative estimate of drug-likeness (QED) is 0.398. The topological polar surface area (TPSA) is 58.9 Å². The van der Waals surface area contributed by atoms with Crippen molar-refractivity contribution in [3.05, 3.63) is 33.8 Å². The van der Waals surface area contributed by atoms with Crippen LogP contribution in [0.4, 0.5) is 0 Å². The second-order valence-electron chi connectivity index (χ2n) is 3.25. The Morgan fingerprint density at radius 1 is 1.35 bits per heavy atom. The van der Waals surface area contributed by atoms with Crippen LogP contribution in [-0.4, -0.2) is 24.0 Å². The van der Waals surface area contributed by atoms with Gasteiger partial charge >= 0.3 is 5.97 Å². The number of benzene rings is 1. The van der Waals surface area contributed by atoms with Gasteiger partial charge in [-0.1, -0.05) is 34.4 Å². The lowest BCUT2D eigenvalue weighted by Gasteiger charge is -2.05. The molecule has 0 aromatic heterocycles. The highest BCUT2D eigenvalue weighted by Gasteiger charge is 2.10. The van der Waals surface area contributed by atoms with Crippen LogP contribution >= 0.6 is 23.2 Å². The van der Waals surface area contributed by atoms with E-state index in [1.165, 1.54) is 7.11 Å². The van der Waals surface area contributed by atoms with Gasteiger partial charge in [-0.2, -0.15) is 0 Å². The fourth-order valence-corrected chi connectivity index (χ4v) is 1.55. The van der Waals surface area contributed by atoms with E-state index in [1.54, 1.807) is 18.2 Å². The third-order valence-electron chi connectivity index (χ3n) is 2.17. The molecule has 0 saturated carbocycles. The Balaban J connectivity index is 2.80. The van der Waals surface area contributed by atoms with Crippen LogP contribution < -0.4 is 0 Å². The molecule has 0 atom stereocenters. The van der Waals surface area contributed by atoms with Crippen LogP contribution in [0.15, 0.2) is 23.4 Å². The third kappa shape index (κ3) is 3.91. The van der Waals surface area contributed by atoms with E-state index < -0.39 is 0 Å². The van der Waals surface area contributed by atoms with Gasteiger partial charge in [0.05, 0.1) is 29.3 Å². The Labute approximate surface area is 109 Å². The zero-order valence-corrected chi connectivity index (χ0v) is 10.6. The highest BCUT2D eigenvalue weighted by atomic mass is 35.5. The fourth-order valence-electron chi connectivity index (χ4n) is 1.25. The number of ether oxygens (including phenoxy) is 1. The third-order valence-corrected chi connectivity index (χ3v) is 2.91. The lowest BCUT2D eigenvalue weighted by atomic mass is 10.1. The standard InChI is InChI=1S/C11H11Cl2NO3/c1-17-11(15)5-4-10(14-16)7-2-3-8(12)9(13)6-7/h2-3,6,16H,4-5H2,1H3. The minimum absolute atomic E-state index is 0.135. The Kier molecular flexibility index (Phi) is 5.25. The zero-order chi connectivity index (χ0) is 12.8. The molecule has 92 valence electrons. The zero-order valence-electron chi connectivity index (χ0n) is 9.11. The van der Waals surface area contributed by atoms with Gasteiger partial charge in [0, 0.05) is 12.0 Å². The van der Waals surface area contributed by atoms with Gasteiger partial charge in [-0.3, -0.25) is 4.79 Å². The summed E-state index contributed by atoms with van der Waals surface area (Å²) in [7, 11) is 1.30. The minimum Gasteiger partial charge on any atom is -0.469 e. The molecule has 0 aliphatic carbocycles. The Bertz CT molecular complexity index is 446. The highest BCUT2D eigenvalue weighted by Crippen LogP contribution is 2.23. The van der Waals surface area contributed by atoms with Gasteiger partial charge in [-0.15, -0.1) is 0 Å². The number of halogens is 2. The highest BCUT2D eigenvalue weighted by molar-refractivity contribution is 6.42. The largest absolute Gasteiger partial charge is 0.469 e. The molecule has 0 saturated heterocycles. The summed E-state index contributed by atoms with van der Waals surface area (Å²) in [4.78, 5) is 11.0. The summed E-state index contributed by atoms with van der Waals surface area (Å²) in [6.45, 7) is 0. The Morgan fingerprint density at radius 3 is 2.59 bits per heavy atom. The lowest BCUT2D eigenvalue weighted by Crippen LogP contribution is -2.07. The molecule has 17 heavy (non-hydrogen) atoms. The first-order valence-corrected chi connectivity index (χ1v) is 5.57. The molecule has 0 unspecified atom stereocenters. The molecule has 0 aliphatic heterocycles. The maximum absolute atomic E-state index is 11.0. The molecule has 0 spiro atoms. The van der Waals surface area contributed by atoms with E-state index in [4.69, 9.17) is 28.4 Å². The van der Waals surface area contributed by atoms with Crippen molar-refractivity contribution in [1.29, 1.82) is 0 Å². The molecule has 0 amide bonds. The van der Waals surface area contributed by atoms with Crippen molar-refractivity contribution >= 4 is 34.9 Å². The summed E-state index contributed by atoms with van der Waals surface area (Å²) >= 11 is 11.6. The van der Waals surface area contributed by atoms with Crippen molar-refractivity contribution < 1.29 is 14.7 Å². The maximum Gasteiger partial charge on any atom is 0.305 e. The molecule has 0 aliphatic rings. The van der Waals surface area contributed by atoms with Gasteiger partial charge in [0.1, 0.15) is 0 Å². The van der Waals surface area contributed by atoms with Crippen LogP contribution in [-0.2, 0) is 9.53 Å². The van der Waals surface area contributed by atoms with Crippen molar-refractivity contribution in [2.24, 2.45) is 5.16 Å². The van der Waals surface area contributed by atoms with Gasteiger partial charge in [-0.05, 0) is 12.1 Å². The van der Waals surface area contributed by atoms with E-state index in [2.05, 4.69) is 9.89 Å². The number of methoxy groups -OCH3 is 1. The number of oxime groups is 1. The van der Waals surface area contributed by atoms with Crippen LogP contribution in [0.3, 0.4) is 0 Å². The van der Waals surface area contributed by atoms with Crippen LogP contribution in [0.1, 0.15) is 18.4 Å². The van der Waals surface area contributed by atoms with Crippen molar-refractivity contribution in [1.82, 2.24) is 0 Å². The van der Waals surface area contributed by atoms with Crippen molar-refractivity contribution in [2.75, 3.05) is 7.11 Å². The monoisotopic (exact) mass is 275 g/mol. The summed E-state index contributed by atoms with van der Waals surface area (Å²) in [6.07, 6.45) is 0.400. The molecular weight excluding hydrogens is 265 g/mol. The predicted octanol–water partition coefficient (Wildman–Crippen LogP) is 3.12. The molecule has 1 aromatic rings. The molecule has 0 heterocycles. The van der Waals surface area contributed by atoms with Gasteiger partial charge in [0.2, 0.25) is 0 Å². The van der Waals surface area contributed by atoms with Gasteiger partial charge < -0.3 is 9.94 Å². The fraction of sp³-hybridized carbons (Fsp3) is 0.273. The van der Waals surface area contributed by atoms with E-state index in [0.29, 0.717) is 21.3 Å². The number of rotatable bonds is 4. The maximum atomic E-state index is 11.0. The molecule has 0 radical (unpaired) electrons. The Morgan fingerprint density at radius 2 is 2.06 bits per heavy atom. The molecule has 1 rings (SSSR count). The molecule has 0 bridgehead atoms. The minimum atomic E-state index is -0.369. The first kappa shape index (κ1) is 13.8. The normalized spacial score (nSPS) is 11.4. The number of carbonyl (C=O) groups is 1. The second kappa shape index (κ2) is 6.47. The second-order valence-corrected chi connectivity index (χ2v) is 4.07.